The molecule has 4 nitrogen and oxygen atoms in total. The molecule has 1 saturated heterocycles. The molecular weight excluding hydrogens is 255 g/mol. The van der Waals surface area contributed by atoms with Crippen LogP contribution in [0.2, 0.25) is 0 Å². The van der Waals surface area contributed by atoms with E-state index in [4.69, 9.17) is 0 Å². The highest BCUT2D eigenvalue weighted by Gasteiger charge is 2.37. The molecule has 1 fully saturated rings. The van der Waals surface area contributed by atoms with E-state index in [1.807, 2.05) is 0 Å². The summed E-state index contributed by atoms with van der Waals surface area (Å²) < 4.78 is 35.5. The Kier molecular flexibility index (Phi) is 3.26. The van der Waals surface area contributed by atoms with Crippen LogP contribution in [0, 0.1) is 17.1 Å². The lowest BCUT2D eigenvalue weighted by molar-refractivity contribution is 0.505. The summed E-state index contributed by atoms with van der Waals surface area (Å²) in [6, 6.07) is 7.82. The molecule has 96 valence electrons. The Bertz CT molecular complexity index is 561. The fraction of sp³-hybridized carbons (Fsp3) is 0.417. The van der Waals surface area contributed by atoms with Crippen molar-refractivity contribution in [3.8, 4) is 6.07 Å². The SMILES string of the molecule is N#CC1(Nc2ccc(F)cc2)CCS(=O)(=O)CC1. The normalized spacial score (nSPS) is 20.9. The van der Waals surface area contributed by atoms with Gasteiger partial charge in [-0.3, -0.25) is 0 Å². The highest BCUT2D eigenvalue weighted by molar-refractivity contribution is 7.91. The van der Waals surface area contributed by atoms with Crippen LogP contribution in [0.5, 0.6) is 0 Å². The number of rotatable bonds is 2. The van der Waals surface area contributed by atoms with Gasteiger partial charge in [0.1, 0.15) is 11.4 Å². The lowest BCUT2D eigenvalue weighted by Crippen LogP contribution is -2.44. The molecular formula is C12H13FN2O2S. The first kappa shape index (κ1) is 12.8. The van der Waals surface area contributed by atoms with Crippen LogP contribution in [0.3, 0.4) is 0 Å². The van der Waals surface area contributed by atoms with Gasteiger partial charge in [0.05, 0.1) is 17.6 Å². The second kappa shape index (κ2) is 4.58. The van der Waals surface area contributed by atoms with Gasteiger partial charge in [0.15, 0.2) is 9.84 Å². The van der Waals surface area contributed by atoms with Crippen molar-refractivity contribution in [3.05, 3.63) is 30.1 Å². The van der Waals surface area contributed by atoms with Crippen LogP contribution in [0.1, 0.15) is 12.8 Å². The maximum Gasteiger partial charge on any atom is 0.150 e. The summed E-state index contributed by atoms with van der Waals surface area (Å²) in [6.07, 6.45) is 0.506. The molecule has 0 bridgehead atoms. The van der Waals surface area contributed by atoms with Crippen LogP contribution in [0.4, 0.5) is 10.1 Å². The Morgan fingerprint density at radius 3 is 2.28 bits per heavy atom. The summed E-state index contributed by atoms with van der Waals surface area (Å²) in [7, 11) is -3.01. The predicted molar refractivity (Wildman–Crippen MR) is 66.3 cm³/mol. The molecule has 1 aliphatic rings. The third-order valence-electron chi connectivity index (χ3n) is 3.12. The van der Waals surface area contributed by atoms with Crippen molar-refractivity contribution in [1.29, 1.82) is 5.26 Å². The molecule has 1 aromatic carbocycles. The van der Waals surface area contributed by atoms with Crippen molar-refractivity contribution < 1.29 is 12.8 Å². The zero-order chi connectivity index (χ0) is 13.2. The van der Waals surface area contributed by atoms with Gasteiger partial charge in [0.2, 0.25) is 0 Å². The molecule has 0 atom stereocenters. The summed E-state index contributed by atoms with van der Waals surface area (Å²) in [4.78, 5) is 0. The third-order valence-corrected chi connectivity index (χ3v) is 4.77. The zero-order valence-corrected chi connectivity index (χ0v) is 10.5. The third kappa shape index (κ3) is 2.79. The number of nitrogens with one attached hydrogen (secondary N) is 1. The van der Waals surface area contributed by atoms with Gasteiger partial charge in [0, 0.05) is 5.69 Å². The van der Waals surface area contributed by atoms with E-state index in [0.717, 1.165) is 0 Å². The predicted octanol–water partition coefficient (Wildman–Crippen LogP) is 1.71. The number of hydrogen-bond donors (Lipinski definition) is 1. The van der Waals surface area contributed by atoms with Crippen molar-refractivity contribution in [2.45, 2.75) is 18.4 Å². The van der Waals surface area contributed by atoms with Crippen molar-refractivity contribution in [2.24, 2.45) is 0 Å². The van der Waals surface area contributed by atoms with Gasteiger partial charge in [0.25, 0.3) is 0 Å². The van der Waals surface area contributed by atoms with Gasteiger partial charge < -0.3 is 5.32 Å². The first-order chi connectivity index (χ1) is 8.45. The van der Waals surface area contributed by atoms with Gasteiger partial charge >= 0.3 is 0 Å². The number of nitrogens with zero attached hydrogens (tertiary/aromatic N) is 1. The van der Waals surface area contributed by atoms with E-state index < -0.39 is 15.4 Å². The summed E-state index contributed by atoms with van der Waals surface area (Å²) in [5.74, 6) is -0.332. The molecule has 2 rings (SSSR count). The topological polar surface area (TPSA) is 70.0 Å². The van der Waals surface area contributed by atoms with E-state index in [9.17, 15) is 18.1 Å². The Morgan fingerprint density at radius 1 is 1.22 bits per heavy atom. The Hall–Kier alpha value is -1.61. The van der Waals surface area contributed by atoms with Gasteiger partial charge in [-0.2, -0.15) is 5.26 Å². The minimum Gasteiger partial charge on any atom is -0.367 e. The quantitative estimate of drug-likeness (QED) is 0.886. The molecule has 0 spiro atoms. The van der Waals surface area contributed by atoms with Gasteiger partial charge in [-0.25, -0.2) is 12.8 Å². The standard InChI is InChI=1S/C12H13FN2O2S/c13-10-1-3-11(4-2-10)15-12(9-14)5-7-18(16,17)8-6-12/h1-4,15H,5-8H2. The molecule has 0 saturated carbocycles. The highest BCUT2D eigenvalue weighted by Crippen LogP contribution is 2.27. The summed E-state index contributed by atoms with van der Waals surface area (Å²) in [6.45, 7) is 0. The van der Waals surface area contributed by atoms with Crippen LogP contribution >= 0.6 is 0 Å². The monoisotopic (exact) mass is 268 g/mol. The van der Waals surface area contributed by atoms with E-state index in [2.05, 4.69) is 11.4 Å². The zero-order valence-electron chi connectivity index (χ0n) is 9.69. The molecule has 0 unspecified atom stereocenters. The molecule has 0 aliphatic carbocycles. The van der Waals surface area contributed by atoms with Crippen LogP contribution in [-0.2, 0) is 9.84 Å². The van der Waals surface area contributed by atoms with E-state index in [-0.39, 0.29) is 30.2 Å². The van der Waals surface area contributed by atoms with E-state index in [1.54, 1.807) is 0 Å². The minimum absolute atomic E-state index is 0.00869. The minimum atomic E-state index is -3.01. The Balaban J connectivity index is 2.15. The first-order valence-corrected chi connectivity index (χ1v) is 7.42. The fourth-order valence-corrected chi connectivity index (χ4v) is 3.48. The molecule has 18 heavy (non-hydrogen) atoms. The first-order valence-electron chi connectivity index (χ1n) is 5.60. The van der Waals surface area contributed by atoms with Crippen molar-refractivity contribution in [2.75, 3.05) is 16.8 Å². The van der Waals surface area contributed by atoms with Crippen LogP contribution in [-0.4, -0.2) is 25.5 Å². The molecule has 1 aromatic rings. The Morgan fingerprint density at radius 2 is 1.78 bits per heavy atom. The second-order valence-corrected chi connectivity index (χ2v) is 6.78. The maximum absolute atomic E-state index is 12.8. The van der Waals surface area contributed by atoms with Crippen molar-refractivity contribution in [3.63, 3.8) is 0 Å². The highest BCUT2D eigenvalue weighted by atomic mass is 32.2. The van der Waals surface area contributed by atoms with Gasteiger partial charge in [-0.05, 0) is 37.1 Å². The molecule has 1 heterocycles. The summed E-state index contributed by atoms with van der Waals surface area (Å²) in [5, 5.41) is 12.3. The Labute approximate surface area is 105 Å². The number of sulfone groups is 1. The largest absolute Gasteiger partial charge is 0.367 e. The fourth-order valence-electron chi connectivity index (χ4n) is 1.96. The number of halogens is 1. The molecule has 1 N–H and O–H groups in total. The average Bonchev–Trinajstić information content (AvgIpc) is 2.35. The number of nitriles is 1. The second-order valence-electron chi connectivity index (χ2n) is 4.48. The molecule has 0 radical (unpaired) electrons. The van der Waals surface area contributed by atoms with E-state index in [1.165, 1.54) is 24.3 Å². The average molecular weight is 268 g/mol. The van der Waals surface area contributed by atoms with E-state index in [0.29, 0.717) is 5.69 Å². The summed E-state index contributed by atoms with van der Waals surface area (Å²) >= 11 is 0. The number of anilines is 1. The van der Waals surface area contributed by atoms with Crippen LogP contribution < -0.4 is 5.32 Å². The van der Waals surface area contributed by atoms with Gasteiger partial charge in [-0.1, -0.05) is 0 Å². The maximum atomic E-state index is 12.8. The van der Waals surface area contributed by atoms with Gasteiger partial charge in [-0.15, -0.1) is 0 Å². The number of benzene rings is 1. The smallest absolute Gasteiger partial charge is 0.150 e. The molecule has 1 aliphatic heterocycles. The number of hydrogen-bond acceptors (Lipinski definition) is 4. The van der Waals surface area contributed by atoms with Crippen LogP contribution in [0.15, 0.2) is 24.3 Å². The molecule has 0 aromatic heterocycles. The lowest BCUT2D eigenvalue weighted by atomic mass is 9.93. The van der Waals surface area contributed by atoms with Crippen molar-refractivity contribution in [1.82, 2.24) is 0 Å². The molecule has 6 heteroatoms. The van der Waals surface area contributed by atoms with Crippen LogP contribution in [0.25, 0.3) is 0 Å². The van der Waals surface area contributed by atoms with Crippen molar-refractivity contribution >= 4 is 15.5 Å². The van der Waals surface area contributed by atoms with E-state index >= 15 is 0 Å². The summed E-state index contributed by atoms with van der Waals surface area (Å²) in [5.41, 5.74) is -0.249. The molecule has 0 amide bonds. The lowest BCUT2D eigenvalue weighted by Gasteiger charge is -2.32.